The average Bonchev–Trinajstić information content (AvgIpc) is 2.16. The van der Waals surface area contributed by atoms with Gasteiger partial charge in [-0.3, -0.25) is 9.78 Å². The highest BCUT2D eigenvalue weighted by atomic mass is 35.5. The summed E-state index contributed by atoms with van der Waals surface area (Å²) in [6, 6.07) is 6.55. The highest BCUT2D eigenvalue weighted by Crippen LogP contribution is 2.15. The van der Waals surface area contributed by atoms with Gasteiger partial charge in [-0.15, -0.1) is 0 Å². The van der Waals surface area contributed by atoms with Gasteiger partial charge in [0.25, 0.3) is 0 Å². The first-order chi connectivity index (χ1) is 6.59. The third kappa shape index (κ3) is 3.26. The first kappa shape index (κ1) is 10.9. The van der Waals surface area contributed by atoms with Gasteiger partial charge in [0.15, 0.2) is 5.75 Å². The second-order valence-electron chi connectivity index (χ2n) is 3.09. The van der Waals surface area contributed by atoms with E-state index in [2.05, 4.69) is 4.89 Å². The number of hydrogen-bond acceptors (Lipinski definition) is 3. The number of carbonyl (C=O) groups is 1. The van der Waals surface area contributed by atoms with Crippen LogP contribution in [0.4, 0.5) is 0 Å². The second-order valence-corrected chi connectivity index (χ2v) is 3.53. The Kier molecular flexibility index (Phi) is 3.77. The molecule has 1 aromatic carbocycles. The van der Waals surface area contributed by atoms with Gasteiger partial charge < -0.3 is 0 Å². The van der Waals surface area contributed by atoms with E-state index >= 15 is 0 Å². The monoisotopic (exact) mass is 214 g/mol. The zero-order valence-electron chi connectivity index (χ0n) is 7.99. The lowest BCUT2D eigenvalue weighted by atomic mass is 10.2. The molecule has 1 aromatic rings. The van der Waals surface area contributed by atoms with Gasteiger partial charge in [0.1, 0.15) is 0 Å². The number of rotatable bonds is 3. The van der Waals surface area contributed by atoms with Crippen molar-refractivity contribution >= 4 is 17.6 Å². The molecular weight excluding hydrogens is 204 g/mol. The predicted molar refractivity (Wildman–Crippen MR) is 53.0 cm³/mol. The summed E-state index contributed by atoms with van der Waals surface area (Å²) >= 11 is 5.66. The topological polar surface area (TPSA) is 35.5 Å². The molecule has 14 heavy (non-hydrogen) atoms. The molecule has 0 saturated carbocycles. The van der Waals surface area contributed by atoms with Crippen molar-refractivity contribution in [3.63, 3.8) is 0 Å². The SMILES string of the molecule is CC(C)C(=O)OOc1ccc(Cl)cc1. The van der Waals surface area contributed by atoms with E-state index in [0.29, 0.717) is 10.8 Å². The maximum absolute atomic E-state index is 11.0. The number of hydrogen-bond donors (Lipinski definition) is 0. The first-order valence-electron chi connectivity index (χ1n) is 4.23. The number of halogens is 1. The van der Waals surface area contributed by atoms with Crippen LogP contribution in [-0.4, -0.2) is 5.97 Å². The number of carbonyl (C=O) groups excluding carboxylic acids is 1. The van der Waals surface area contributed by atoms with Crippen LogP contribution in [0.1, 0.15) is 13.8 Å². The molecule has 0 aliphatic carbocycles. The van der Waals surface area contributed by atoms with Crippen LogP contribution in [0, 0.1) is 5.92 Å². The molecule has 0 unspecified atom stereocenters. The minimum absolute atomic E-state index is 0.206. The zero-order chi connectivity index (χ0) is 10.6. The normalized spacial score (nSPS) is 10.0. The lowest BCUT2D eigenvalue weighted by Gasteiger charge is -2.05. The zero-order valence-corrected chi connectivity index (χ0v) is 8.75. The predicted octanol–water partition coefficient (Wildman–Crippen LogP) is 2.83. The van der Waals surface area contributed by atoms with E-state index < -0.39 is 5.97 Å². The van der Waals surface area contributed by atoms with Crippen molar-refractivity contribution in [2.45, 2.75) is 13.8 Å². The quantitative estimate of drug-likeness (QED) is 0.573. The van der Waals surface area contributed by atoms with Crippen LogP contribution in [0.2, 0.25) is 5.02 Å². The fourth-order valence-corrected chi connectivity index (χ4v) is 0.802. The largest absolute Gasteiger partial charge is 0.357 e. The van der Waals surface area contributed by atoms with Crippen molar-refractivity contribution in [3.05, 3.63) is 29.3 Å². The lowest BCUT2D eigenvalue weighted by molar-refractivity contribution is -0.217. The van der Waals surface area contributed by atoms with E-state index in [-0.39, 0.29) is 5.92 Å². The Morgan fingerprint density at radius 3 is 2.36 bits per heavy atom. The molecule has 0 radical (unpaired) electrons. The van der Waals surface area contributed by atoms with Gasteiger partial charge >= 0.3 is 5.97 Å². The van der Waals surface area contributed by atoms with Crippen LogP contribution in [0.3, 0.4) is 0 Å². The van der Waals surface area contributed by atoms with Crippen LogP contribution >= 0.6 is 11.6 Å². The standard InChI is InChI=1S/C10H11ClO3/c1-7(2)10(12)14-13-9-5-3-8(11)4-6-9/h3-7H,1-2H3. The van der Waals surface area contributed by atoms with Gasteiger partial charge in [-0.2, -0.15) is 0 Å². The molecule has 0 bridgehead atoms. The molecule has 0 aliphatic heterocycles. The van der Waals surface area contributed by atoms with Crippen molar-refractivity contribution in [3.8, 4) is 5.75 Å². The van der Waals surface area contributed by atoms with E-state index in [4.69, 9.17) is 16.5 Å². The fraction of sp³-hybridized carbons (Fsp3) is 0.300. The Bertz CT molecular complexity index is 306. The van der Waals surface area contributed by atoms with E-state index in [1.54, 1.807) is 38.1 Å². The Labute approximate surface area is 87.5 Å². The molecule has 76 valence electrons. The van der Waals surface area contributed by atoms with Gasteiger partial charge in [0, 0.05) is 5.02 Å². The van der Waals surface area contributed by atoms with Crippen molar-refractivity contribution in [1.29, 1.82) is 0 Å². The van der Waals surface area contributed by atoms with E-state index in [9.17, 15) is 4.79 Å². The Hall–Kier alpha value is -1.22. The molecule has 0 aromatic heterocycles. The van der Waals surface area contributed by atoms with E-state index in [0.717, 1.165) is 0 Å². The van der Waals surface area contributed by atoms with Gasteiger partial charge in [-0.1, -0.05) is 25.4 Å². The summed E-state index contributed by atoms with van der Waals surface area (Å²) in [6.07, 6.45) is 0. The van der Waals surface area contributed by atoms with Gasteiger partial charge in [-0.05, 0) is 24.3 Å². The average molecular weight is 215 g/mol. The molecule has 0 atom stereocenters. The summed E-state index contributed by atoms with van der Waals surface area (Å²) in [6.45, 7) is 3.46. The Balaban J connectivity index is 2.46. The third-order valence-corrected chi connectivity index (χ3v) is 1.76. The van der Waals surface area contributed by atoms with Gasteiger partial charge in [0.05, 0.1) is 5.92 Å². The molecule has 3 nitrogen and oxygen atoms in total. The second kappa shape index (κ2) is 4.86. The number of benzene rings is 1. The first-order valence-corrected chi connectivity index (χ1v) is 4.61. The minimum Gasteiger partial charge on any atom is -0.287 e. The highest BCUT2D eigenvalue weighted by Gasteiger charge is 2.10. The van der Waals surface area contributed by atoms with Crippen LogP contribution < -0.4 is 4.89 Å². The molecule has 0 amide bonds. The summed E-state index contributed by atoms with van der Waals surface area (Å²) in [5, 5.41) is 0.604. The van der Waals surface area contributed by atoms with E-state index in [1.807, 2.05) is 0 Å². The third-order valence-electron chi connectivity index (χ3n) is 1.51. The molecule has 0 aliphatic rings. The highest BCUT2D eigenvalue weighted by molar-refractivity contribution is 6.30. The Morgan fingerprint density at radius 2 is 1.86 bits per heavy atom. The van der Waals surface area contributed by atoms with Crippen molar-refractivity contribution < 1.29 is 14.6 Å². The molecule has 0 fully saturated rings. The van der Waals surface area contributed by atoms with Gasteiger partial charge in [0.2, 0.25) is 0 Å². The molecule has 0 spiro atoms. The molecule has 0 saturated heterocycles. The Morgan fingerprint density at radius 1 is 1.29 bits per heavy atom. The summed E-state index contributed by atoms with van der Waals surface area (Å²) in [7, 11) is 0. The molecule has 0 heterocycles. The van der Waals surface area contributed by atoms with Crippen LogP contribution in [0.5, 0.6) is 5.75 Å². The summed E-state index contributed by atoms with van der Waals surface area (Å²) < 4.78 is 0. The molecule has 4 heteroatoms. The van der Waals surface area contributed by atoms with Crippen molar-refractivity contribution in [2.75, 3.05) is 0 Å². The van der Waals surface area contributed by atoms with Gasteiger partial charge in [-0.25, -0.2) is 4.79 Å². The summed E-state index contributed by atoms with van der Waals surface area (Å²) in [4.78, 5) is 20.3. The molecule has 0 N–H and O–H groups in total. The minimum atomic E-state index is -0.403. The molecule has 1 rings (SSSR count). The molecular formula is C10H11ClO3. The van der Waals surface area contributed by atoms with Crippen LogP contribution in [0.25, 0.3) is 0 Å². The van der Waals surface area contributed by atoms with Crippen LogP contribution in [0.15, 0.2) is 24.3 Å². The van der Waals surface area contributed by atoms with Crippen molar-refractivity contribution in [2.24, 2.45) is 5.92 Å². The van der Waals surface area contributed by atoms with Crippen molar-refractivity contribution in [1.82, 2.24) is 0 Å². The van der Waals surface area contributed by atoms with E-state index in [1.165, 1.54) is 0 Å². The maximum Gasteiger partial charge on any atom is 0.357 e. The summed E-state index contributed by atoms with van der Waals surface area (Å²) in [5.41, 5.74) is 0. The van der Waals surface area contributed by atoms with Crippen LogP contribution in [-0.2, 0) is 9.68 Å². The fourth-order valence-electron chi connectivity index (χ4n) is 0.676. The maximum atomic E-state index is 11.0. The lowest BCUT2D eigenvalue weighted by Crippen LogP contribution is -2.13. The summed E-state index contributed by atoms with van der Waals surface area (Å²) in [5.74, 6) is -0.161. The smallest absolute Gasteiger partial charge is 0.287 e.